The molecule has 0 bridgehead atoms. The van der Waals surface area contributed by atoms with Crippen LogP contribution >= 0.6 is 0 Å². The Morgan fingerprint density at radius 1 is 1.19 bits per heavy atom. The first-order chi connectivity index (χ1) is 14.5. The average Bonchev–Trinajstić information content (AvgIpc) is 3.06. The number of piperazine rings is 1. The number of benzene rings is 1. The predicted octanol–water partition coefficient (Wildman–Crippen LogP) is 2.77. The molecule has 1 aromatic rings. The molecule has 3 rings (SSSR count). The van der Waals surface area contributed by atoms with E-state index in [0.717, 1.165) is 0 Å². The van der Waals surface area contributed by atoms with Crippen LogP contribution in [-0.4, -0.2) is 74.1 Å². The number of anilines is 2. The molecule has 170 valence electrons. The molecule has 0 spiro atoms. The van der Waals surface area contributed by atoms with E-state index < -0.39 is 29.6 Å². The third-order valence-electron chi connectivity index (χ3n) is 4.86. The summed E-state index contributed by atoms with van der Waals surface area (Å²) in [5.74, 6) is -0.934. The van der Waals surface area contributed by atoms with Gasteiger partial charge in [0.05, 0.1) is 17.9 Å². The molecule has 1 aromatic carbocycles. The minimum Gasteiger partial charge on any atom is -0.462 e. The number of hydrogen-bond donors (Lipinski definition) is 0. The number of esters is 1. The fourth-order valence-electron chi connectivity index (χ4n) is 3.41. The number of rotatable bonds is 4. The van der Waals surface area contributed by atoms with E-state index in [-0.39, 0.29) is 19.2 Å². The number of nitrogens with zero attached hydrogens (tertiary/aromatic N) is 3. The van der Waals surface area contributed by atoms with Crippen LogP contribution in [0.2, 0.25) is 0 Å². The van der Waals surface area contributed by atoms with Crippen molar-refractivity contribution >= 4 is 29.5 Å². The normalized spacial score (nSPS) is 19.3. The molecule has 9 nitrogen and oxygen atoms in total. The molecular weight excluding hydrogens is 409 g/mol. The highest BCUT2D eigenvalue weighted by molar-refractivity contribution is 5.90. The zero-order valence-electron chi connectivity index (χ0n) is 18.2. The van der Waals surface area contributed by atoms with Crippen LogP contribution in [0.3, 0.4) is 0 Å². The number of halogens is 1. The molecule has 0 unspecified atom stereocenters. The van der Waals surface area contributed by atoms with Gasteiger partial charge in [0.15, 0.2) is 6.10 Å². The Kier molecular flexibility index (Phi) is 6.56. The molecule has 0 N–H and O–H groups in total. The van der Waals surface area contributed by atoms with Crippen LogP contribution in [0, 0.1) is 5.82 Å². The van der Waals surface area contributed by atoms with Gasteiger partial charge in [0.25, 0.3) is 0 Å². The van der Waals surface area contributed by atoms with E-state index in [1.165, 1.54) is 17.9 Å². The Bertz CT molecular complexity index is 848. The first kappa shape index (κ1) is 22.6. The summed E-state index contributed by atoms with van der Waals surface area (Å²) in [6.45, 7) is 8.61. The highest BCUT2D eigenvalue weighted by atomic mass is 19.1. The van der Waals surface area contributed by atoms with Gasteiger partial charge < -0.3 is 24.0 Å². The fraction of sp³-hybridized carbons (Fsp3) is 0.571. The zero-order chi connectivity index (χ0) is 22.8. The molecular formula is C21H28FN3O6. The van der Waals surface area contributed by atoms with Crippen LogP contribution in [-0.2, 0) is 19.0 Å². The van der Waals surface area contributed by atoms with Crippen molar-refractivity contribution in [2.45, 2.75) is 39.4 Å². The summed E-state index contributed by atoms with van der Waals surface area (Å²) in [5.41, 5.74) is 0.199. The number of ether oxygens (including phenoxy) is 3. The summed E-state index contributed by atoms with van der Waals surface area (Å²) >= 11 is 0. The maximum Gasteiger partial charge on any atom is 0.414 e. The summed E-state index contributed by atoms with van der Waals surface area (Å²) in [5, 5.41) is 0. The quantitative estimate of drug-likeness (QED) is 0.529. The van der Waals surface area contributed by atoms with Gasteiger partial charge in [0.2, 0.25) is 0 Å². The average molecular weight is 437 g/mol. The Morgan fingerprint density at radius 3 is 2.45 bits per heavy atom. The number of carbonyl (C=O) groups excluding carboxylic acids is 3. The second-order valence-electron chi connectivity index (χ2n) is 8.51. The Morgan fingerprint density at radius 2 is 1.87 bits per heavy atom. The minimum atomic E-state index is -0.615. The highest BCUT2D eigenvalue weighted by Gasteiger charge is 2.34. The third kappa shape index (κ3) is 5.77. The summed E-state index contributed by atoms with van der Waals surface area (Å²) in [4.78, 5) is 40.0. The van der Waals surface area contributed by atoms with Crippen molar-refractivity contribution in [1.29, 1.82) is 0 Å². The van der Waals surface area contributed by atoms with Crippen LogP contribution in [0.1, 0.15) is 27.7 Å². The summed E-state index contributed by atoms with van der Waals surface area (Å²) < 4.78 is 30.3. The summed E-state index contributed by atoms with van der Waals surface area (Å²) in [7, 11) is 0. The molecule has 0 aromatic heterocycles. The van der Waals surface area contributed by atoms with Crippen molar-refractivity contribution in [2.24, 2.45) is 0 Å². The number of carbonyl (C=O) groups is 3. The topological polar surface area (TPSA) is 88.6 Å². The molecule has 10 heteroatoms. The molecule has 2 saturated heterocycles. The van der Waals surface area contributed by atoms with Gasteiger partial charge in [-0.1, -0.05) is 0 Å². The van der Waals surface area contributed by atoms with E-state index in [9.17, 15) is 18.8 Å². The molecule has 2 aliphatic rings. The molecule has 2 amide bonds. The number of cyclic esters (lactones) is 1. The van der Waals surface area contributed by atoms with E-state index in [1.54, 1.807) is 17.0 Å². The van der Waals surface area contributed by atoms with Crippen LogP contribution in [0.25, 0.3) is 0 Å². The molecule has 2 fully saturated rings. The lowest BCUT2D eigenvalue weighted by Crippen LogP contribution is -2.50. The summed E-state index contributed by atoms with van der Waals surface area (Å²) in [6, 6.07) is 4.54. The Labute approximate surface area is 180 Å². The monoisotopic (exact) mass is 437 g/mol. The molecule has 0 radical (unpaired) electrons. The fourth-order valence-corrected chi connectivity index (χ4v) is 3.41. The first-order valence-electron chi connectivity index (χ1n) is 10.2. The van der Waals surface area contributed by atoms with Crippen LogP contribution in [0.4, 0.5) is 25.4 Å². The predicted molar refractivity (Wildman–Crippen MR) is 111 cm³/mol. The van der Waals surface area contributed by atoms with Gasteiger partial charge in [-0.2, -0.15) is 0 Å². The maximum absolute atomic E-state index is 14.8. The SMILES string of the molecule is CC(=O)OC[C@H]1CN(c2ccc(N3CCN(C(=O)OC(C)(C)C)CC3)c(F)c2)C(=O)O1. The second kappa shape index (κ2) is 8.99. The van der Waals surface area contributed by atoms with E-state index in [2.05, 4.69) is 0 Å². The third-order valence-corrected chi connectivity index (χ3v) is 4.86. The lowest BCUT2D eigenvalue weighted by molar-refractivity contribution is -0.143. The van der Waals surface area contributed by atoms with Gasteiger partial charge in [-0.05, 0) is 39.0 Å². The van der Waals surface area contributed by atoms with E-state index in [0.29, 0.717) is 37.6 Å². The Hall–Kier alpha value is -3.04. The molecule has 0 saturated carbocycles. The number of amides is 2. The van der Waals surface area contributed by atoms with Gasteiger partial charge in [0.1, 0.15) is 18.0 Å². The zero-order valence-corrected chi connectivity index (χ0v) is 18.2. The van der Waals surface area contributed by atoms with Crippen LogP contribution in [0.15, 0.2) is 18.2 Å². The molecule has 1 atom stereocenters. The largest absolute Gasteiger partial charge is 0.462 e. The van der Waals surface area contributed by atoms with Gasteiger partial charge >= 0.3 is 18.2 Å². The van der Waals surface area contributed by atoms with E-state index >= 15 is 0 Å². The van der Waals surface area contributed by atoms with Gasteiger partial charge in [0, 0.05) is 33.1 Å². The van der Waals surface area contributed by atoms with Crippen LogP contribution in [0.5, 0.6) is 0 Å². The molecule has 31 heavy (non-hydrogen) atoms. The standard InChI is InChI=1S/C21H28FN3O6/c1-14(26)29-13-16-12-25(20(28)30-16)15-5-6-18(17(22)11-15)23-7-9-24(10-8-23)19(27)31-21(2,3)4/h5-6,11,16H,7-10,12-13H2,1-4H3/t16-/m1/s1. The van der Waals surface area contributed by atoms with E-state index in [1.807, 2.05) is 25.7 Å². The first-order valence-corrected chi connectivity index (χ1v) is 10.2. The second-order valence-corrected chi connectivity index (χ2v) is 8.51. The smallest absolute Gasteiger partial charge is 0.414 e. The van der Waals surface area contributed by atoms with Crippen molar-refractivity contribution in [1.82, 2.24) is 4.90 Å². The van der Waals surface area contributed by atoms with Crippen LogP contribution < -0.4 is 9.80 Å². The van der Waals surface area contributed by atoms with Crippen molar-refractivity contribution < 1.29 is 33.0 Å². The molecule has 2 heterocycles. The van der Waals surface area contributed by atoms with Crippen molar-refractivity contribution in [3.8, 4) is 0 Å². The van der Waals surface area contributed by atoms with Gasteiger partial charge in [-0.3, -0.25) is 9.69 Å². The molecule has 0 aliphatic carbocycles. The lowest BCUT2D eigenvalue weighted by Gasteiger charge is -2.37. The lowest BCUT2D eigenvalue weighted by atomic mass is 10.2. The van der Waals surface area contributed by atoms with Crippen molar-refractivity contribution in [2.75, 3.05) is 49.1 Å². The highest BCUT2D eigenvalue weighted by Crippen LogP contribution is 2.29. The van der Waals surface area contributed by atoms with Gasteiger partial charge in [-0.25, -0.2) is 14.0 Å². The van der Waals surface area contributed by atoms with Gasteiger partial charge in [-0.15, -0.1) is 0 Å². The molecule has 2 aliphatic heterocycles. The minimum absolute atomic E-state index is 0.0416. The summed E-state index contributed by atoms with van der Waals surface area (Å²) in [6.07, 6.45) is -1.59. The Balaban J connectivity index is 1.60. The number of hydrogen-bond acceptors (Lipinski definition) is 7. The van der Waals surface area contributed by atoms with E-state index in [4.69, 9.17) is 14.2 Å². The maximum atomic E-state index is 14.8. The van der Waals surface area contributed by atoms with Crippen molar-refractivity contribution in [3.05, 3.63) is 24.0 Å². The van der Waals surface area contributed by atoms with Crippen molar-refractivity contribution in [3.63, 3.8) is 0 Å².